The van der Waals surface area contributed by atoms with E-state index in [-0.39, 0.29) is 24.7 Å². The van der Waals surface area contributed by atoms with Crippen LogP contribution in [-0.4, -0.2) is 24.0 Å². The Hall–Kier alpha value is 0.170. The van der Waals surface area contributed by atoms with Crippen molar-refractivity contribution in [2.75, 3.05) is 18.1 Å². The summed E-state index contributed by atoms with van der Waals surface area (Å²) in [7, 11) is 0. The fourth-order valence-corrected chi connectivity index (χ4v) is 4.13. The molecule has 2 rings (SSSR count). The van der Waals surface area contributed by atoms with Crippen LogP contribution >= 0.6 is 11.8 Å². The molecule has 0 spiro atoms. The lowest BCUT2D eigenvalue weighted by Crippen LogP contribution is -2.46. The first-order valence-corrected chi connectivity index (χ1v) is 5.93. The van der Waals surface area contributed by atoms with Gasteiger partial charge in [-0.2, -0.15) is 11.8 Å². The van der Waals surface area contributed by atoms with Gasteiger partial charge in [0.25, 0.3) is 0 Å². The molecule has 1 saturated heterocycles. The van der Waals surface area contributed by atoms with Crippen LogP contribution in [0.4, 0.5) is 8.78 Å². The molecule has 1 nitrogen and oxygen atoms in total. The number of nitrogens with two attached hydrogens (primary N) is 1. The van der Waals surface area contributed by atoms with E-state index in [0.29, 0.717) is 12.5 Å². The van der Waals surface area contributed by atoms with Gasteiger partial charge in [0.05, 0.1) is 0 Å². The molecule has 2 N–H and O–H groups in total. The average molecular weight is 207 g/mol. The highest BCUT2D eigenvalue weighted by Crippen LogP contribution is 2.48. The van der Waals surface area contributed by atoms with E-state index < -0.39 is 5.92 Å². The van der Waals surface area contributed by atoms with Gasteiger partial charge in [-0.25, -0.2) is 8.78 Å². The summed E-state index contributed by atoms with van der Waals surface area (Å²) in [5, 5.41) is 0. The lowest BCUT2D eigenvalue weighted by Gasteiger charge is -2.44. The van der Waals surface area contributed by atoms with Crippen LogP contribution < -0.4 is 5.73 Å². The minimum absolute atomic E-state index is 0.0678. The monoisotopic (exact) mass is 207 g/mol. The normalized spacial score (nSPS) is 43.2. The van der Waals surface area contributed by atoms with Gasteiger partial charge in [-0.3, -0.25) is 0 Å². The highest BCUT2D eigenvalue weighted by molar-refractivity contribution is 7.99. The molecule has 0 aromatic carbocycles. The van der Waals surface area contributed by atoms with Crippen LogP contribution in [0.2, 0.25) is 0 Å². The highest BCUT2D eigenvalue weighted by atomic mass is 32.2. The lowest BCUT2D eigenvalue weighted by molar-refractivity contribution is -0.0858. The number of thioether (sulfide) groups is 1. The Balaban J connectivity index is 2.12. The molecular weight excluding hydrogens is 192 g/mol. The van der Waals surface area contributed by atoms with Gasteiger partial charge >= 0.3 is 0 Å². The largest absolute Gasteiger partial charge is 0.330 e. The van der Waals surface area contributed by atoms with Crippen molar-refractivity contribution in [1.82, 2.24) is 0 Å². The summed E-state index contributed by atoms with van der Waals surface area (Å²) in [5.74, 6) is 0.0417. The summed E-state index contributed by atoms with van der Waals surface area (Å²) < 4.78 is 26.4. The van der Waals surface area contributed by atoms with Crippen LogP contribution in [0.5, 0.6) is 0 Å². The topological polar surface area (TPSA) is 26.0 Å². The van der Waals surface area contributed by atoms with Crippen molar-refractivity contribution >= 4 is 11.8 Å². The Morgan fingerprint density at radius 3 is 2.23 bits per heavy atom. The first-order valence-electron chi connectivity index (χ1n) is 4.78. The molecule has 2 bridgehead atoms. The smallest absolute Gasteiger partial charge is 0.248 e. The summed E-state index contributed by atoms with van der Waals surface area (Å²) in [6.45, 7) is 0.589. The molecule has 13 heavy (non-hydrogen) atoms. The molecule has 2 unspecified atom stereocenters. The molecule has 2 aliphatic rings. The van der Waals surface area contributed by atoms with E-state index in [9.17, 15) is 8.78 Å². The SMILES string of the molecule is NCC1C2CSCC1CC(F)(F)C2. The molecule has 1 aliphatic heterocycles. The van der Waals surface area contributed by atoms with E-state index in [4.69, 9.17) is 5.73 Å². The molecule has 1 saturated carbocycles. The van der Waals surface area contributed by atoms with Crippen LogP contribution in [0.3, 0.4) is 0 Å². The molecule has 0 aromatic rings. The quantitative estimate of drug-likeness (QED) is 0.711. The number of alkyl halides is 2. The van der Waals surface area contributed by atoms with Crippen LogP contribution in [-0.2, 0) is 0 Å². The lowest BCUT2D eigenvalue weighted by atomic mass is 9.71. The minimum atomic E-state index is -2.41. The Bertz CT molecular complexity index is 182. The Morgan fingerprint density at radius 1 is 1.23 bits per heavy atom. The van der Waals surface area contributed by atoms with Crippen molar-refractivity contribution in [1.29, 1.82) is 0 Å². The van der Waals surface area contributed by atoms with Crippen molar-refractivity contribution in [3.05, 3.63) is 0 Å². The van der Waals surface area contributed by atoms with E-state index in [1.165, 1.54) is 0 Å². The summed E-state index contributed by atoms with van der Waals surface area (Å²) >= 11 is 1.82. The van der Waals surface area contributed by atoms with Gasteiger partial charge in [-0.15, -0.1) is 0 Å². The third-order valence-corrected chi connectivity index (χ3v) is 4.60. The van der Waals surface area contributed by atoms with Gasteiger partial charge in [0.1, 0.15) is 0 Å². The maximum Gasteiger partial charge on any atom is 0.248 e. The highest BCUT2D eigenvalue weighted by Gasteiger charge is 2.48. The van der Waals surface area contributed by atoms with Crippen LogP contribution in [0.25, 0.3) is 0 Å². The van der Waals surface area contributed by atoms with Crippen molar-refractivity contribution < 1.29 is 8.78 Å². The molecular formula is C9H15F2NS. The molecule has 76 valence electrons. The number of halogens is 2. The molecule has 0 aromatic heterocycles. The zero-order valence-corrected chi connectivity index (χ0v) is 8.33. The van der Waals surface area contributed by atoms with Gasteiger partial charge in [0, 0.05) is 12.8 Å². The van der Waals surface area contributed by atoms with Crippen LogP contribution in [0.1, 0.15) is 12.8 Å². The predicted octanol–water partition coefficient (Wildman–Crippen LogP) is 1.97. The van der Waals surface area contributed by atoms with E-state index in [2.05, 4.69) is 0 Å². The third-order valence-electron chi connectivity index (χ3n) is 3.27. The van der Waals surface area contributed by atoms with Gasteiger partial charge in [-0.1, -0.05) is 0 Å². The molecule has 4 heteroatoms. The number of hydrogen-bond donors (Lipinski definition) is 1. The first-order chi connectivity index (χ1) is 6.12. The Morgan fingerprint density at radius 2 is 1.77 bits per heavy atom. The zero-order valence-electron chi connectivity index (χ0n) is 7.51. The maximum absolute atomic E-state index is 13.2. The average Bonchev–Trinajstić information content (AvgIpc) is 2.01. The molecule has 2 atom stereocenters. The molecule has 2 fully saturated rings. The maximum atomic E-state index is 13.2. The molecule has 0 amide bonds. The van der Waals surface area contributed by atoms with E-state index in [0.717, 1.165) is 11.5 Å². The summed E-state index contributed by atoms with van der Waals surface area (Å²) in [4.78, 5) is 0. The summed E-state index contributed by atoms with van der Waals surface area (Å²) in [5.41, 5.74) is 5.63. The van der Waals surface area contributed by atoms with E-state index in [1.54, 1.807) is 0 Å². The second-order valence-electron chi connectivity index (χ2n) is 4.22. The number of hydrogen-bond acceptors (Lipinski definition) is 2. The van der Waals surface area contributed by atoms with E-state index >= 15 is 0 Å². The third kappa shape index (κ3) is 1.84. The van der Waals surface area contributed by atoms with Gasteiger partial charge < -0.3 is 5.73 Å². The fourth-order valence-electron chi connectivity index (χ4n) is 2.66. The van der Waals surface area contributed by atoms with Crippen molar-refractivity contribution in [3.8, 4) is 0 Å². The molecule has 1 aliphatic carbocycles. The fraction of sp³-hybridized carbons (Fsp3) is 1.00. The van der Waals surface area contributed by atoms with Gasteiger partial charge in [-0.05, 0) is 35.8 Å². The minimum Gasteiger partial charge on any atom is -0.330 e. The predicted molar refractivity (Wildman–Crippen MR) is 51.0 cm³/mol. The number of fused-ring (bicyclic) bond motifs is 2. The van der Waals surface area contributed by atoms with Gasteiger partial charge in [0.15, 0.2) is 0 Å². The number of rotatable bonds is 1. The second-order valence-corrected chi connectivity index (χ2v) is 5.30. The molecule has 1 heterocycles. The van der Waals surface area contributed by atoms with Crippen molar-refractivity contribution in [2.24, 2.45) is 23.5 Å². The second kappa shape index (κ2) is 3.39. The van der Waals surface area contributed by atoms with Crippen molar-refractivity contribution in [3.63, 3.8) is 0 Å². The first kappa shape index (κ1) is 9.71. The van der Waals surface area contributed by atoms with Crippen LogP contribution in [0, 0.1) is 17.8 Å². The van der Waals surface area contributed by atoms with Gasteiger partial charge in [0.2, 0.25) is 5.92 Å². The van der Waals surface area contributed by atoms with Crippen LogP contribution in [0.15, 0.2) is 0 Å². The standard InChI is InChI=1S/C9H15F2NS/c10-9(11)1-6-4-13-5-7(2-9)8(6)3-12/h6-8H,1-5,12H2. The summed E-state index contributed by atoms with van der Waals surface area (Å²) in [6.07, 6.45) is 0.136. The van der Waals surface area contributed by atoms with Crippen molar-refractivity contribution in [2.45, 2.75) is 18.8 Å². The molecule has 0 radical (unpaired) electrons. The summed E-state index contributed by atoms with van der Waals surface area (Å²) in [6, 6.07) is 0. The van der Waals surface area contributed by atoms with E-state index in [1.807, 2.05) is 11.8 Å². The Labute approximate surface area is 81.4 Å². The zero-order chi connectivity index (χ0) is 9.47. The Kier molecular flexibility index (Phi) is 2.53.